The van der Waals surface area contributed by atoms with Crippen LogP contribution >= 0.6 is 0 Å². The fourth-order valence-corrected chi connectivity index (χ4v) is 2.18. The molecule has 0 aromatic heterocycles. The zero-order valence-corrected chi connectivity index (χ0v) is 14.3. The van der Waals surface area contributed by atoms with E-state index in [2.05, 4.69) is 10.6 Å². The largest absolute Gasteiger partial charge is 0.497 e. The molecule has 0 aliphatic rings. The Kier molecular flexibility index (Phi) is 7.72. The van der Waals surface area contributed by atoms with Gasteiger partial charge in [-0.2, -0.15) is 0 Å². The number of carbonyl (C=O) groups excluding carboxylic acids is 1. The van der Waals surface area contributed by atoms with Crippen LogP contribution in [0.4, 0.5) is 4.39 Å². The van der Waals surface area contributed by atoms with Gasteiger partial charge in [0.25, 0.3) is 0 Å². The lowest BCUT2D eigenvalue weighted by molar-refractivity contribution is -0.120. The van der Waals surface area contributed by atoms with Crippen molar-refractivity contribution in [2.24, 2.45) is 0 Å². The maximum atomic E-state index is 12.8. The molecule has 0 saturated carbocycles. The maximum Gasteiger partial charge on any atom is 0.234 e. The molecule has 0 atom stereocenters. The van der Waals surface area contributed by atoms with Crippen molar-refractivity contribution in [1.82, 2.24) is 10.6 Å². The van der Waals surface area contributed by atoms with Crippen molar-refractivity contribution < 1.29 is 18.7 Å². The van der Waals surface area contributed by atoms with Crippen molar-refractivity contribution in [2.45, 2.75) is 6.42 Å². The first-order valence-corrected chi connectivity index (χ1v) is 8.16. The summed E-state index contributed by atoms with van der Waals surface area (Å²) in [5, 5.41) is 5.84. The molecule has 2 aromatic rings. The number of nitrogens with one attached hydrogen (secondary N) is 2. The summed E-state index contributed by atoms with van der Waals surface area (Å²) in [6, 6.07) is 13.6. The van der Waals surface area contributed by atoms with Gasteiger partial charge in [-0.25, -0.2) is 4.39 Å². The average molecular weight is 346 g/mol. The number of halogens is 1. The first kappa shape index (κ1) is 18.7. The Labute approximate surface area is 147 Å². The molecule has 6 heteroatoms. The molecule has 0 spiro atoms. The van der Waals surface area contributed by atoms with E-state index in [0.29, 0.717) is 19.7 Å². The minimum absolute atomic E-state index is 0.0857. The summed E-state index contributed by atoms with van der Waals surface area (Å²) in [5.74, 6) is 1.17. The Morgan fingerprint density at radius 2 is 1.68 bits per heavy atom. The summed E-state index contributed by atoms with van der Waals surface area (Å²) in [5.41, 5.74) is 1.03. The first-order chi connectivity index (χ1) is 12.2. The highest BCUT2D eigenvalue weighted by molar-refractivity contribution is 5.77. The van der Waals surface area contributed by atoms with E-state index in [1.54, 1.807) is 19.2 Å². The predicted molar refractivity (Wildman–Crippen MR) is 94.5 cm³/mol. The Balaban J connectivity index is 1.52. The molecular formula is C19H23FN2O3. The Hall–Kier alpha value is -2.60. The molecule has 2 aromatic carbocycles. The fraction of sp³-hybridized carbons (Fsp3) is 0.316. The fourth-order valence-electron chi connectivity index (χ4n) is 2.18. The van der Waals surface area contributed by atoms with Gasteiger partial charge in [0, 0.05) is 0 Å². The van der Waals surface area contributed by atoms with Crippen molar-refractivity contribution in [1.29, 1.82) is 0 Å². The molecule has 0 aliphatic carbocycles. The molecule has 2 rings (SSSR count). The van der Waals surface area contributed by atoms with Gasteiger partial charge < -0.3 is 20.1 Å². The number of hydrogen-bond donors (Lipinski definition) is 2. The van der Waals surface area contributed by atoms with Crippen LogP contribution in [0.2, 0.25) is 0 Å². The Morgan fingerprint density at radius 3 is 2.36 bits per heavy atom. The lowest BCUT2D eigenvalue weighted by Crippen LogP contribution is -2.36. The Morgan fingerprint density at radius 1 is 1.00 bits per heavy atom. The molecule has 134 valence electrons. The van der Waals surface area contributed by atoms with Gasteiger partial charge in [-0.1, -0.05) is 12.1 Å². The van der Waals surface area contributed by atoms with Crippen molar-refractivity contribution >= 4 is 5.91 Å². The van der Waals surface area contributed by atoms with Crippen LogP contribution in [0.25, 0.3) is 0 Å². The summed E-state index contributed by atoms with van der Waals surface area (Å²) in [6.45, 7) is 1.73. The number of hydrogen-bond acceptors (Lipinski definition) is 4. The van der Waals surface area contributed by atoms with Crippen molar-refractivity contribution in [3.8, 4) is 11.5 Å². The molecule has 0 fully saturated rings. The molecule has 25 heavy (non-hydrogen) atoms. The van der Waals surface area contributed by atoms with E-state index in [1.807, 2.05) is 24.3 Å². The van der Waals surface area contributed by atoms with Gasteiger partial charge in [-0.05, 0) is 54.9 Å². The van der Waals surface area contributed by atoms with Gasteiger partial charge in [0.15, 0.2) is 0 Å². The van der Waals surface area contributed by atoms with E-state index in [4.69, 9.17) is 9.47 Å². The van der Waals surface area contributed by atoms with Crippen LogP contribution in [-0.2, 0) is 11.2 Å². The molecule has 2 N–H and O–H groups in total. The van der Waals surface area contributed by atoms with Crippen LogP contribution in [0.15, 0.2) is 48.5 Å². The van der Waals surface area contributed by atoms with E-state index in [9.17, 15) is 9.18 Å². The third-order valence-corrected chi connectivity index (χ3v) is 3.54. The second-order valence-corrected chi connectivity index (χ2v) is 5.43. The quantitative estimate of drug-likeness (QED) is 0.647. The highest BCUT2D eigenvalue weighted by Gasteiger charge is 2.01. The molecule has 0 radical (unpaired) electrons. The summed E-state index contributed by atoms with van der Waals surface area (Å²) in [6.07, 6.45) is 0.744. The van der Waals surface area contributed by atoms with Gasteiger partial charge in [-0.3, -0.25) is 4.79 Å². The van der Waals surface area contributed by atoms with E-state index in [0.717, 1.165) is 23.5 Å². The summed E-state index contributed by atoms with van der Waals surface area (Å²) < 4.78 is 23.4. The average Bonchev–Trinajstić information content (AvgIpc) is 2.64. The van der Waals surface area contributed by atoms with Gasteiger partial charge in [-0.15, -0.1) is 0 Å². The van der Waals surface area contributed by atoms with E-state index in [-0.39, 0.29) is 18.3 Å². The zero-order valence-electron chi connectivity index (χ0n) is 14.3. The Bertz CT molecular complexity index is 645. The highest BCUT2D eigenvalue weighted by Crippen LogP contribution is 2.16. The molecule has 0 bridgehead atoms. The van der Waals surface area contributed by atoms with E-state index < -0.39 is 0 Å². The van der Waals surface area contributed by atoms with Crippen LogP contribution in [0.1, 0.15) is 5.56 Å². The SMILES string of the molecule is COc1ccc(OCCNC(=O)CNCCc2ccc(F)cc2)cc1. The summed E-state index contributed by atoms with van der Waals surface area (Å²) in [7, 11) is 1.61. The van der Waals surface area contributed by atoms with Gasteiger partial charge in [0.05, 0.1) is 20.2 Å². The molecular weight excluding hydrogens is 323 g/mol. The lowest BCUT2D eigenvalue weighted by Gasteiger charge is -2.09. The molecule has 0 aliphatic heterocycles. The predicted octanol–water partition coefficient (Wildman–Crippen LogP) is 2.16. The van der Waals surface area contributed by atoms with Gasteiger partial charge >= 0.3 is 0 Å². The number of carbonyl (C=O) groups is 1. The third kappa shape index (κ3) is 7.22. The van der Waals surface area contributed by atoms with Crippen molar-refractivity contribution in [2.75, 3.05) is 33.4 Å². The summed E-state index contributed by atoms with van der Waals surface area (Å²) in [4.78, 5) is 11.7. The zero-order chi connectivity index (χ0) is 17.9. The van der Waals surface area contributed by atoms with Crippen LogP contribution in [0, 0.1) is 5.82 Å². The van der Waals surface area contributed by atoms with E-state index >= 15 is 0 Å². The van der Waals surface area contributed by atoms with Crippen LogP contribution in [0.3, 0.4) is 0 Å². The molecule has 5 nitrogen and oxygen atoms in total. The van der Waals surface area contributed by atoms with Crippen LogP contribution < -0.4 is 20.1 Å². The molecule has 1 amide bonds. The van der Waals surface area contributed by atoms with Gasteiger partial charge in [0.1, 0.15) is 23.9 Å². The van der Waals surface area contributed by atoms with E-state index in [1.165, 1.54) is 12.1 Å². The second kappa shape index (κ2) is 10.3. The minimum atomic E-state index is -0.243. The summed E-state index contributed by atoms with van der Waals surface area (Å²) >= 11 is 0. The number of amides is 1. The second-order valence-electron chi connectivity index (χ2n) is 5.43. The normalized spacial score (nSPS) is 10.3. The molecule has 0 saturated heterocycles. The smallest absolute Gasteiger partial charge is 0.234 e. The highest BCUT2D eigenvalue weighted by atomic mass is 19.1. The molecule has 0 unspecified atom stereocenters. The topological polar surface area (TPSA) is 59.6 Å². The number of benzene rings is 2. The third-order valence-electron chi connectivity index (χ3n) is 3.54. The van der Waals surface area contributed by atoms with Crippen molar-refractivity contribution in [3.05, 3.63) is 59.9 Å². The maximum absolute atomic E-state index is 12.8. The number of rotatable bonds is 10. The number of ether oxygens (including phenoxy) is 2. The van der Waals surface area contributed by atoms with Crippen LogP contribution in [-0.4, -0.2) is 39.3 Å². The molecule has 0 heterocycles. The van der Waals surface area contributed by atoms with Gasteiger partial charge in [0.2, 0.25) is 5.91 Å². The lowest BCUT2D eigenvalue weighted by atomic mass is 10.1. The monoisotopic (exact) mass is 346 g/mol. The number of methoxy groups -OCH3 is 1. The first-order valence-electron chi connectivity index (χ1n) is 8.16. The minimum Gasteiger partial charge on any atom is -0.497 e. The van der Waals surface area contributed by atoms with Crippen LogP contribution in [0.5, 0.6) is 11.5 Å². The van der Waals surface area contributed by atoms with Crippen molar-refractivity contribution in [3.63, 3.8) is 0 Å². The standard InChI is InChI=1S/C19H23FN2O3/c1-24-17-6-8-18(9-7-17)25-13-12-22-19(23)14-21-11-10-15-2-4-16(20)5-3-15/h2-9,21H,10-14H2,1H3,(H,22,23).